The second-order valence-electron chi connectivity index (χ2n) is 4.04. The van der Waals surface area contributed by atoms with Gasteiger partial charge in [0.05, 0.1) is 39.1 Å². The van der Waals surface area contributed by atoms with Gasteiger partial charge in [0, 0.05) is 19.6 Å². The first-order valence-corrected chi connectivity index (χ1v) is 7.09. The van der Waals surface area contributed by atoms with Crippen LogP contribution in [0.2, 0.25) is 0 Å². The Bertz CT molecular complexity index is 341. The molecule has 8 heteroatoms. The summed E-state index contributed by atoms with van der Waals surface area (Å²) in [5.74, 6) is 0. The summed E-state index contributed by atoms with van der Waals surface area (Å²) in [7, 11) is -3.50. The highest BCUT2D eigenvalue weighted by atomic mass is 32.2. The standard InChI is InChI=1S/C9H18N2O5S/c12-7-9-8-16-6-3-11(9)17(13,14)10-1-4-15-5-2-10/h9,12H,1-8H2. The molecule has 2 rings (SSSR count). The Morgan fingerprint density at radius 3 is 2.41 bits per heavy atom. The van der Waals surface area contributed by atoms with E-state index in [1.54, 1.807) is 0 Å². The van der Waals surface area contributed by atoms with Gasteiger partial charge < -0.3 is 14.6 Å². The lowest BCUT2D eigenvalue weighted by molar-refractivity contribution is 0.00497. The van der Waals surface area contributed by atoms with Crippen LogP contribution in [0, 0.1) is 0 Å². The zero-order valence-corrected chi connectivity index (χ0v) is 10.4. The van der Waals surface area contributed by atoms with Crippen molar-refractivity contribution in [1.82, 2.24) is 8.61 Å². The Balaban J connectivity index is 2.11. The molecule has 2 fully saturated rings. The average Bonchev–Trinajstić information content (AvgIpc) is 2.39. The van der Waals surface area contributed by atoms with Crippen molar-refractivity contribution in [3.63, 3.8) is 0 Å². The second kappa shape index (κ2) is 5.59. The zero-order chi connectivity index (χ0) is 12.3. The number of morpholine rings is 2. The van der Waals surface area contributed by atoms with E-state index in [-0.39, 0.29) is 13.2 Å². The number of rotatable bonds is 3. The van der Waals surface area contributed by atoms with E-state index >= 15 is 0 Å². The smallest absolute Gasteiger partial charge is 0.282 e. The van der Waals surface area contributed by atoms with E-state index in [1.807, 2.05) is 0 Å². The predicted molar refractivity (Wildman–Crippen MR) is 59.7 cm³/mol. The van der Waals surface area contributed by atoms with Crippen molar-refractivity contribution >= 4 is 10.2 Å². The number of aliphatic hydroxyl groups is 1. The minimum Gasteiger partial charge on any atom is -0.395 e. The molecular formula is C9H18N2O5S. The van der Waals surface area contributed by atoms with Crippen LogP contribution in [0.3, 0.4) is 0 Å². The summed E-state index contributed by atoms with van der Waals surface area (Å²) < 4.78 is 37.7. The molecule has 0 aromatic rings. The maximum atomic E-state index is 12.3. The number of nitrogens with zero attached hydrogens (tertiary/aromatic N) is 2. The molecule has 0 aromatic carbocycles. The molecule has 0 bridgehead atoms. The molecule has 0 spiro atoms. The Hall–Kier alpha value is -0.250. The molecule has 2 heterocycles. The van der Waals surface area contributed by atoms with Gasteiger partial charge in [0.15, 0.2) is 0 Å². The molecule has 1 N–H and O–H groups in total. The molecule has 1 atom stereocenters. The molecule has 0 amide bonds. The van der Waals surface area contributed by atoms with Gasteiger partial charge in [-0.05, 0) is 0 Å². The Morgan fingerprint density at radius 1 is 1.12 bits per heavy atom. The molecule has 2 aliphatic rings. The maximum absolute atomic E-state index is 12.3. The largest absolute Gasteiger partial charge is 0.395 e. The Morgan fingerprint density at radius 2 is 1.76 bits per heavy atom. The van der Waals surface area contributed by atoms with Crippen LogP contribution >= 0.6 is 0 Å². The topological polar surface area (TPSA) is 79.3 Å². The molecule has 1 unspecified atom stereocenters. The third-order valence-corrected chi connectivity index (χ3v) is 5.07. The summed E-state index contributed by atoms with van der Waals surface area (Å²) >= 11 is 0. The van der Waals surface area contributed by atoms with E-state index in [2.05, 4.69) is 0 Å². The molecular weight excluding hydrogens is 248 g/mol. The third-order valence-electron chi connectivity index (χ3n) is 2.98. The molecule has 17 heavy (non-hydrogen) atoms. The van der Waals surface area contributed by atoms with Crippen molar-refractivity contribution in [2.75, 3.05) is 52.7 Å². The SMILES string of the molecule is O=S(=O)(N1CCOCC1)N1CCOCC1CO. The molecule has 100 valence electrons. The first kappa shape index (κ1) is 13.2. The Labute approximate surface area is 101 Å². The highest BCUT2D eigenvalue weighted by Crippen LogP contribution is 2.17. The minimum atomic E-state index is -3.50. The summed E-state index contributed by atoms with van der Waals surface area (Å²) in [6, 6.07) is -0.475. The van der Waals surface area contributed by atoms with Gasteiger partial charge in [-0.15, -0.1) is 0 Å². The van der Waals surface area contributed by atoms with Crippen molar-refractivity contribution in [1.29, 1.82) is 0 Å². The predicted octanol–water partition coefficient (Wildman–Crippen LogP) is -1.74. The summed E-state index contributed by atoms with van der Waals surface area (Å²) in [6.07, 6.45) is 0. The summed E-state index contributed by atoms with van der Waals surface area (Å²) in [5, 5.41) is 9.19. The number of hydrogen-bond acceptors (Lipinski definition) is 5. The lowest BCUT2D eigenvalue weighted by Gasteiger charge is -2.38. The highest BCUT2D eigenvalue weighted by Gasteiger charge is 2.37. The van der Waals surface area contributed by atoms with Gasteiger partial charge in [-0.2, -0.15) is 17.0 Å². The normalized spacial score (nSPS) is 29.4. The van der Waals surface area contributed by atoms with E-state index in [9.17, 15) is 13.5 Å². The fourth-order valence-corrected chi connectivity index (χ4v) is 3.73. The van der Waals surface area contributed by atoms with Crippen molar-refractivity contribution in [2.45, 2.75) is 6.04 Å². The quantitative estimate of drug-likeness (QED) is 0.656. The summed E-state index contributed by atoms with van der Waals surface area (Å²) in [5.41, 5.74) is 0. The zero-order valence-electron chi connectivity index (χ0n) is 9.62. The fraction of sp³-hybridized carbons (Fsp3) is 1.00. The van der Waals surface area contributed by atoms with Crippen LogP contribution < -0.4 is 0 Å². The van der Waals surface area contributed by atoms with Gasteiger partial charge in [-0.1, -0.05) is 0 Å². The van der Waals surface area contributed by atoms with Crippen LogP contribution in [0.15, 0.2) is 0 Å². The van der Waals surface area contributed by atoms with Crippen molar-refractivity contribution in [2.24, 2.45) is 0 Å². The van der Waals surface area contributed by atoms with Crippen LogP contribution in [0.5, 0.6) is 0 Å². The molecule has 0 radical (unpaired) electrons. The summed E-state index contributed by atoms with van der Waals surface area (Å²) in [6.45, 7) is 2.30. The fourth-order valence-electron chi connectivity index (χ4n) is 2.01. The van der Waals surface area contributed by atoms with Gasteiger partial charge in [-0.25, -0.2) is 0 Å². The van der Waals surface area contributed by atoms with Gasteiger partial charge in [0.25, 0.3) is 10.2 Å². The van der Waals surface area contributed by atoms with E-state index in [4.69, 9.17) is 9.47 Å². The van der Waals surface area contributed by atoms with Gasteiger partial charge in [0.2, 0.25) is 0 Å². The minimum absolute atomic E-state index is 0.219. The first-order valence-electron chi connectivity index (χ1n) is 5.69. The van der Waals surface area contributed by atoms with Gasteiger partial charge in [-0.3, -0.25) is 0 Å². The van der Waals surface area contributed by atoms with Crippen LogP contribution in [-0.4, -0.2) is 80.8 Å². The molecule has 2 aliphatic heterocycles. The second-order valence-corrected chi connectivity index (χ2v) is 5.92. The maximum Gasteiger partial charge on any atom is 0.282 e. The molecule has 0 aromatic heterocycles. The van der Waals surface area contributed by atoms with Crippen LogP contribution in [0.1, 0.15) is 0 Å². The van der Waals surface area contributed by atoms with E-state index in [0.717, 1.165) is 0 Å². The monoisotopic (exact) mass is 266 g/mol. The van der Waals surface area contributed by atoms with Crippen LogP contribution in [0.4, 0.5) is 0 Å². The van der Waals surface area contributed by atoms with Gasteiger partial charge >= 0.3 is 0 Å². The van der Waals surface area contributed by atoms with Crippen molar-refractivity contribution in [3.8, 4) is 0 Å². The number of hydrogen-bond donors (Lipinski definition) is 1. The highest BCUT2D eigenvalue weighted by molar-refractivity contribution is 7.86. The first-order chi connectivity index (χ1) is 8.16. The van der Waals surface area contributed by atoms with Crippen LogP contribution in [0.25, 0.3) is 0 Å². The van der Waals surface area contributed by atoms with Gasteiger partial charge in [0.1, 0.15) is 0 Å². The van der Waals surface area contributed by atoms with Crippen LogP contribution in [-0.2, 0) is 19.7 Å². The van der Waals surface area contributed by atoms with E-state index < -0.39 is 16.3 Å². The third kappa shape index (κ3) is 2.78. The van der Waals surface area contributed by atoms with E-state index in [0.29, 0.717) is 39.5 Å². The molecule has 7 nitrogen and oxygen atoms in total. The summed E-state index contributed by atoms with van der Waals surface area (Å²) in [4.78, 5) is 0. The lowest BCUT2D eigenvalue weighted by Crippen LogP contribution is -2.56. The molecule has 0 saturated carbocycles. The number of ether oxygens (including phenoxy) is 2. The molecule has 0 aliphatic carbocycles. The average molecular weight is 266 g/mol. The molecule has 2 saturated heterocycles. The van der Waals surface area contributed by atoms with Crippen molar-refractivity contribution in [3.05, 3.63) is 0 Å². The van der Waals surface area contributed by atoms with E-state index in [1.165, 1.54) is 8.61 Å². The van der Waals surface area contributed by atoms with Crippen molar-refractivity contribution < 1.29 is 23.0 Å². The Kier molecular flexibility index (Phi) is 4.34. The number of aliphatic hydroxyl groups excluding tert-OH is 1. The lowest BCUT2D eigenvalue weighted by atomic mass is 10.3.